The highest BCUT2D eigenvalue weighted by Gasteiger charge is 2.13. The van der Waals surface area contributed by atoms with Crippen molar-refractivity contribution >= 4 is 81.4 Å². The van der Waals surface area contributed by atoms with E-state index in [1.54, 1.807) is 0 Å². The summed E-state index contributed by atoms with van der Waals surface area (Å²) in [6.45, 7) is 4.11. The first-order chi connectivity index (χ1) is 21.6. The first-order valence-electron chi connectivity index (χ1n) is 13.9. The van der Waals surface area contributed by atoms with Crippen molar-refractivity contribution in [2.75, 3.05) is 0 Å². The van der Waals surface area contributed by atoms with E-state index in [4.69, 9.17) is 8.83 Å². The lowest BCUT2D eigenvalue weighted by atomic mass is 10.1. The third kappa shape index (κ3) is 6.64. The Morgan fingerprint density at radius 1 is 0.500 bits per heavy atom. The lowest BCUT2D eigenvalue weighted by Gasteiger charge is -1.99. The normalized spacial score (nSPS) is 14.3. The van der Waals surface area contributed by atoms with Gasteiger partial charge in [0.15, 0.2) is 11.2 Å². The first kappa shape index (κ1) is 28.9. The first-order valence-corrected chi connectivity index (χ1v) is 17.4. The molecule has 4 heterocycles. The Morgan fingerprint density at radius 3 is 1.27 bits per heavy atom. The van der Waals surface area contributed by atoms with E-state index < -0.39 is 0 Å². The Bertz CT molecular complexity index is 1920. The van der Waals surface area contributed by atoms with Gasteiger partial charge >= 0.3 is 0 Å². The summed E-state index contributed by atoms with van der Waals surface area (Å²) in [5.41, 5.74) is 9.86. The smallest absolute Gasteiger partial charge is 0.227 e. The molecule has 0 N–H and O–H groups in total. The molecule has 8 heteroatoms. The zero-order valence-electron chi connectivity index (χ0n) is 23.9. The van der Waals surface area contributed by atoms with Crippen LogP contribution in [-0.4, -0.2) is 9.97 Å². The zero-order chi connectivity index (χ0) is 29.9. The number of benzene rings is 4. The molecule has 0 aliphatic carbocycles. The van der Waals surface area contributed by atoms with Gasteiger partial charge in [0.2, 0.25) is 11.8 Å². The van der Waals surface area contributed by atoms with Crippen LogP contribution in [0.2, 0.25) is 0 Å². The van der Waals surface area contributed by atoms with Gasteiger partial charge in [0, 0.05) is 11.1 Å². The van der Waals surface area contributed by atoms with Crippen LogP contribution in [0.3, 0.4) is 0 Å². The van der Waals surface area contributed by atoms with Crippen molar-refractivity contribution in [1.29, 1.82) is 0 Å². The fourth-order valence-electron chi connectivity index (χ4n) is 4.59. The predicted octanol–water partition coefficient (Wildman–Crippen LogP) is 12.1. The van der Waals surface area contributed by atoms with Crippen LogP contribution in [0.25, 0.3) is 57.3 Å². The van der Waals surface area contributed by atoms with Gasteiger partial charge in [0.1, 0.15) is 11.0 Å². The number of aryl methyl sites for hydroxylation is 2. The predicted molar refractivity (Wildman–Crippen MR) is 193 cm³/mol. The van der Waals surface area contributed by atoms with E-state index >= 15 is 0 Å². The minimum Gasteiger partial charge on any atom is -0.436 e. The third-order valence-electron chi connectivity index (χ3n) is 6.85. The van der Waals surface area contributed by atoms with Crippen molar-refractivity contribution in [3.63, 3.8) is 0 Å². The molecule has 0 fully saturated rings. The van der Waals surface area contributed by atoms with Gasteiger partial charge < -0.3 is 8.83 Å². The maximum atomic E-state index is 5.91. The van der Waals surface area contributed by atoms with Gasteiger partial charge in [0.05, 0.1) is 8.47 Å². The molecule has 0 saturated carbocycles. The minimum absolute atomic E-state index is 0.640. The van der Waals surface area contributed by atoms with Gasteiger partial charge in [-0.3, -0.25) is 0 Å². The second-order valence-corrected chi connectivity index (χ2v) is 14.3. The summed E-state index contributed by atoms with van der Waals surface area (Å²) in [7, 11) is 0. The van der Waals surface area contributed by atoms with Crippen molar-refractivity contribution in [3.8, 4) is 22.9 Å². The Hall–Kier alpha value is -3.82. The van der Waals surface area contributed by atoms with Crippen LogP contribution >= 0.6 is 47.0 Å². The molecule has 2 aliphatic heterocycles. The molecular weight excluding hydrogens is 621 g/mol. The van der Waals surface area contributed by atoms with Crippen molar-refractivity contribution < 1.29 is 8.83 Å². The van der Waals surface area contributed by atoms with E-state index in [0.717, 1.165) is 44.5 Å². The molecule has 4 aromatic carbocycles. The van der Waals surface area contributed by atoms with Crippen LogP contribution in [0, 0.1) is 13.8 Å². The van der Waals surface area contributed by atoms with E-state index in [-0.39, 0.29) is 0 Å². The van der Waals surface area contributed by atoms with Crippen LogP contribution in [0.1, 0.15) is 22.3 Å². The molecular formula is C36H26N2O2S4. The molecule has 2 aromatic heterocycles. The molecule has 0 amide bonds. The molecule has 0 bridgehead atoms. The second-order valence-electron chi connectivity index (χ2n) is 10.1. The quantitative estimate of drug-likeness (QED) is 0.175. The molecule has 44 heavy (non-hydrogen) atoms. The molecule has 0 atom stereocenters. The molecule has 0 spiro atoms. The third-order valence-corrected chi connectivity index (χ3v) is 11.6. The van der Waals surface area contributed by atoms with Crippen LogP contribution in [-0.2, 0) is 0 Å². The average molecular weight is 647 g/mol. The SMILES string of the molecule is C1=CSC(=C2SC=CS2)S1.Cc1ccc2oc(-c3ccc(/C=C/c4ccc(-c5nc6cc(C)ccc6o5)cc4)cc3)nc2c1. The standard InChI is InChI=1S/C30H22N2O2.C6H4S4/c1-19-3-15-27-25(17-19)31-29(33-27)23-11-7-21(8-12-23)5-6-22-9-13-24(14-10-22)30-32-26-18-20(2)4-16-28(26)34-30;1-2-8-5(7-1)6-9-3-4-10-6/h3-18H,1-2H3;1-4H/b6-5+;. The Morgan fingerprint density at radius 2 is 0.886 bits per heavy atom. The van der Waals surface area contributed by atoms with Crippen LogP contribution in [0.15, 0.2) is 124 Å². The largest absolute Gasteiger partial charge is 0.436 e. The molecule has 6 aromatic rings. The molecule has 0 saturated heterocycles. The number of oxazole rings is 2. The molecule has 8 rings (SSSR count). The molecule has 2 aliphatic rings. The maximum absolute atomic E-state index is 5.91. The second kappa shape index (κ2) is 13.0. The fourth-order valence-corrected chi connectivity index (χ4v) is 8.63. The molecule has 4 nitrogen and oxygen atoms in total. The van der Waals surface area contributed by atoms with Crippen LogP contribution < -0.4 is 0 Å². The minimum atomic E-state index is 0.640. The summed E-state index contributed by atoms with van der Waals surface area (Å²) >= 11 is 7.28. The molecule has 0 radical (unpaired) electrons. The highest BCUT2D eigenvalue weighted by molar-refractivity contribution is 8.33. The number of aromatic nitrogens is 2. The topological polar surface area (TPSA) is 52.1 Å². The lowest BCUT2D eigenvalue weighted by Crippen LogP contribution is -1.80. The number of nitrogens with zero attached hydrogens (tertiary/aromatic N) is 2. The highest BCUT2D eigenvalue weighted by Crippen LogP contribution is 2.50. The zero-order valence-corrected chi connectivity index (χ0v) is 27.2. The van der Waals surface area contributed by atoms with Gasteiger partial charge in [-0.25, -0.2) is 9.97 Å². The van der Waals surface area contributed by atoms with Gasteiger partial charge in [-0.2, -0.15) is 0 Å². The van der Waals surface area contributed by atoms with E-state index in [0.29, 0.717) is 11.8 Å². The summed E-state index contributed by atoms with van der Waals surface area (Å²) in [6, 6.07) is 28.5. The summed E-state index contributed by atoms with van der Waals surface area (Å²) in [4.78, 5) is 9.24. The molecule has 0 unspecified atom stereocenters. The Kier molecular flexibility index (Phi) is 8.57. The monoisotopic (exact) mass is 646 g/mol. The number of hydrogen-bond acceptors (Lipinski definition) is 8. The van der Waals surface area contributed by atoms with Gasteiger partial charge in [-0.05, 0) is 106 Å². The fraction of sp³-hybridized carbons (Fsp3) is 0.0556. The highest BCUT2D eigenvalue weighted by atomic mass is 32.2. The van der Waals surface area contributed by atoms with Crippen LogP contribution in [0.4, 0.5) is 0 Å². The number of rotatable bonds is 4. The van der Waals surface area contributed by atoms with E-state index in [1.165, 1.54) is 19.6 Å². The van der Waals surface area contributed by atoms with Crippen molar-refractivity contribution in [2.24, 2.45) is 0 Å². The number of thioether (sulfide) groups is 4. The number of fused-ring (bicyclic) bond motifs is 2. The summed E-state index contributed by atoms with van der Waals surface area (Å²) in [5.74, 6) is 1.28. The lowest BCUT2D eigenvalue weighted by molar-refractivity contribution is 0.619. The van der Waals surface area contributed by atoms with Gasteiger partial charge in [-0.15, -0.1) is 0 Å². The van der Waals surface area contributed by atoms with E-state index in [9.17, 15) is 0 Å². The summed E-state index contributed by atoms with van der Waals surface area (Å²) in [6.07, 6.45) is 4.19. The number of hydrogen-bond donors (Lipinski definition) is 0. The van der Waals surface area contributed by atoms with Gasteiger partial charge in [0.25, 0.3) is 0 Å². The van der Waals surface area contributed by atoms with Crippen LogP contribution in [0.5, 0.6) is 0 Å². The maximum Gasteiger partial charge on any atom is 0.227 e. The molecule has 216 valence electrons. The van der Waals surface area contributed by atoms with Crippen molar-refractivity contribution in [2.45, 2.75) is 13.8 Å². The van der Waals surface area contributed by atoms with Gasteiger partial charge in [-0.1, -0.05) is 95.6 Å². The van der Waals surface area contributed by atoms with E-state index in [1.807, 2.05) is 108 Å². The average Bonchev–Trinajstić information content (AvgIpc) is 3.87. The summed E-state index contributed by atoms with van der Waals surface area (Å²) in [5, 5.41) is 8.53. The van der Waals surface area contributed by atoms with E-state index in [2.05, 4.69) is 81.9 Å². The van der Waals surface area contributed by atoms with Crippen molar-refractivity contribution in [1.82, 2.24) is 9.97 Å². The Labute approximate surface area is 272 Å². The van der Waals surface area contributed by atoms with Crippen molar-refractivity contribution in [3.05, 3.63) is 137 Å². The Balaban J connectivity index is 0.000000264. The summed E-state index contributed by atoms with van der Waals surface area (Å²) < 4.78 is 14.7.